The fourth-order valence-corrected chi connectivity index (χ4v) is 7.26. The highest BCUT2D eigenvalue weighted by Crippen LogP contribution is 2.62. The van der Waals surface area contributed by atoms with Crippen molar-refractivity contribution in [3.05, 3.63) is 0 Å². The van der Waals surface area contributed by atoms with Crippen LogP contribution in [-0.4, -0.2) is 6.04 Å². The second-order valence-electron chi connectivity index (χ2n) is 9.45. The van der Waals surface area contributed by atoms with Crippen molar-refractivity contribution in [2.24, 2.45) is 46.8 Å². The Morgan fingerprint density at radius 3 is 1.90 bits per heavy atom. The van der Waals surface area contributed by atoms with Crippen LogP contribution >= 0.6 is 0 Å². The first-order valence-corrected chi connectivity index (χ1v) is 9.56. The number of hydrogen-bond donors (Lipinski definition) is 2. The van der Waals surface area contributed by atoms with Gasteiger partial charge in [-0.1, -0.05) is 20.3 Å². The Kier molecular flexibility index (Phi) is 3.61. The minimum absolute atomic E-state index is 0.564. The summed E-state index contributed by atoms with van der Waals surface area (Å²) in [5.41, 5.74) is 3.93. The number of hydrogen-bond acceptors (Lipinski definition) is 2. The Labute approximate surface area is 130 Å². The zero-order valence-electron chi connectivity index (χ0n) is 14.0. The molecule has 5 rings (SSSR count). The lowest BCUT2D eigenvalue weighted by Gasteiger charge is -2.61. The summed E-state index contributed by atoms with van der Waals surface area (Å²) in [5.74, 6) is 11.9. The van der Waals surface area contributed by atoms with Crippen LogP contribution in [0.2, 0.25) is 0 Å². The lowest BCUT2D eigenvalue weighted by Crippen LogP contribution is -2.60. The Morgan fingerprint density at radius 1 is 0.857 bits per heavy atom. The van der Waals surface area contributed by atoms with E-state index in [1.54, 1.807) is 0 Å². The molecule has 0 aromatic rings. The van der Waals surface area contributed by atoms with Crippen LogP contribution in [0.4, 0.5) is 0 Å². The highest BCUT2D eigenvalue weighted by atomic mass is 15.2. The molecule has 0 radical (unpaired) electrons. The molecule has 0 saturated heterocycles. The minimum Gasteiger partial charge on any atom is -0.271 e. The molecule has 120 valence electrons. The Bertz CT molecular complexity index is 356. The summed E-state index contributed by atoms with van der Waals surface area (Å²) in [7, 11) is 0. The fourth-order valence-electron chi connectivity index (χ4n) is 7.26. The molecule has 4 atom stereocenters. The first kappa shape index (κ1) is 14.5. The molecule has 0 aliphatic heterocycles. The van der Waals surface area contributed by atoms with Crippen molar-refractivity contribution in [1.82, 2.24) is 5.43 Å². The van der Waals surface area contributed by atoms with Crippen molar-refractivity contribution in [2.75, 3.05) is 0 Å². The van der Waals surface area contributed by atoms with Crippen molar-refractivity contribution >= 4 is 0 Å². The first-order chi connectivity index (χ1) is 10.1. The van der Waals surface area contributed by atoms with Gasteiger partial charge in [-0.25, -0.2) is 0 Å². The van der Waals surface area contributed by atoms with Crippen LogP contribution in [0.25, 0.3) is 0 Å². The second-order valence-corrected chi connectivity index (χ2v) is 9.45. The van der Waals surface area contributed by atoms with Gasteiger partial charge in [0.25, 0.3) is 0 Å². The van der Waals surface area contributed by atoms with E-state index in [0.717, 1.165) is 35.5 Å². The maximum atomic E-state index is 6.16. The van der Waals surface area contributed by atoms with Crippen LogP contribution in [0.1, 0.15) is 71.6 Å². The van der Waals surface area contributed by atoms with Crippen LogP contribution in [-0.2, 0) is 0 Å². The summed E-state index contributed by atoms with van der Waals surface area (Å²) in [4.78, 5) is 0. The summed E-state index contributed by atoms with van der Waals surface area (Å²) in [6.07, 6.45) is 13.3. The Morgan fingerprint density at radius 2 is 1.43 bits per heavy atom. The predicted octanol–water partition coefficient (Wildman–Crippen LogP) is 4.11. The molecular weight excluding hydrogens is 256 g/mol. The summed E-state index contributed by atoms with van der Waals surface area (Å²) >= 11 is 0. The molecule has 2 nitrogen and oxygen atoms in total. The van der Waals surface area contributed by atoms with Crippen LogP contribution in [0.15, 0.2) is 0 Å². The monoisotopic (exact) mass is 290 g/mol. The zero-order valence-corrected chi connectivity index (χ0v) is 14.0. The van der Waals surface area contributed by atoms with Gasteiger partial charge in [-0.05, 0) is 92.3 Å². The van der Waals surface area contributed by atoms with E-state index in [1.807, 2.05) is 0 Å². The van der Waals surface area contributed by atoms with E-state index in [1.165, 1.54) is 57.8 Å². The third kappa shape index (κ3) is 2.37. The lowest BCUT2D eigenvalue weighted by molar-refractivity contribution is -0.0908. The average molecular weight is 290 g/mol. The molecule has 5 saturated carbocycles. The molecule has 4 unspecified atom stereocenters. The largest absolute Gasteiger partial charge is 0.271 e. The van der Waals surface area contributed by atoms with Gasteiger partial charge in [0.15, 0.2) is 0 Å². The van der Waals surface area contributed by atoms with Gasteiger partial charge in [0.05, 0.1) is 0 Å². The van der Waals surface area contributed by atoms with Crippen molar-refractivity contribution < 1.29 is 0 Å². The average Bonchev–Trinajstić information content (AvgIpc) is 2.41. The van der Waals surface area contributed by atoms with Gasteiger partial charge in [0.2, 0.25) is 0 Å². The summed E-state index contributed by atoms with van der Waals surface area (Å²) in [6, 6.07) is 0.598. The smallest absolute Gasteiger partial charge is 0.0295 e. The van der Waals surface area contributed by atoms with Gasteiger partial charge in [-0.2, -0.15) is 0 Å². The molecule has 0 spiro atoms. The SMILES string of the molecule is CC1CCC(C(NN)C23CC4CC(CC(C4)C2)C3)CC1C. The van der Waals surface area contributed by atoms with E-state index in [0.29, 0.717) is 11.5 Å². The lowest BCUT2D eigenvalue weighted by atomic mass is 9.46. The third-order valence-corrected chi connectivity index (χ3v) is 8.04. The molecule has 2 heteroatoms. The maximum absolute atomic E-state index is 6.16. The van der Waals surface area contributed by atoms with Crippen molar-refractivity contribution in [3.63, 3.8) is 0 Å². The van der Waals surface area contributed by atoms with E-state index in [4.69, 9.17) is 5.84 Å². The molecule has 5 aliphatic rings. The number of nitrogens with two attached hydrogens (primary N) is 1. The highest BCUT2D eigenvalue weighted by Gasteiger charge is 2.55. The molecule has 5 aliphatic carbocycles. The Hall–Kier alpha value is -0.0800. The zero-order chi connectivity index (χ0) is 14.6. The van der Waals surface area contributed by atoms with Gasteiger partial charge in [-0.15, -0.1) is 0 Å². The van der Waals surface area contributed by atoms with Crippen molar-refractivity contribution in [3.8, 4) is 0 Å². The minimum atomic E-state index is 0.564. The Balaban J connectivity index is 1.55. The predicted molar refractivity (Wildman–Crippen MR) is 87.4 cm³/mol. The number of nitrogens with one attached hydrogen (secondary N) is 1. The molecule has 0 amide bonds. The molecule has 21 heavy (non-hydrogen) atoms. The standard InChI is InChI=1S/C19H34N2/c1-12-3-4-17(5-13(12)2)18(21-20)19-9-14-6-15(10-19)8-16(7-14)11-19/h12-18,21H,3-11,20H2,1-2H3. The first-order valence-electron chi connectivity index (χ1n) is 9.56. The molecule has 0 aromatic carbocycles. The number of rotatable bonds is 3. The van der Waals surface area contributed by atoms with Gasteiger partial charge < -0.3 is 0 Å². The van der Waals surface area contributed by atoms with Crippen molar-refractivity contribution in [1.29, 1.82) is 0 Å². The molecule has 0 aromatic heterocycles. The topological polar surface area (TPSA) is 38.0 Å². The summed E-state index contributed by atoms with van der Waals surface area (Å²) in [6.45, 7) is 4.90. The van der Waals surface area contributed by atoms with E-state index in [9.17, 15) is 0 Å². The van der Waals surface area contributed by atoms with Crippen LogP contribution < -0.4 is 11.3 Å². The van der Waals surface area contributed by atoms with E-state index >= 15 is 0 Å². The van der Waals surface area contributed by atoms with Crippen LogP contribution in [0, 0.1) is 40.9 Å². The fraction of sp³-hybridized carbons (Fsp3) is 1.00. The summed E-state index contributed by atoms with van der Waals surface area (Å²) < 4.78 is 0. The van der Waals surface area contributed by atoms with E-state index < -0.39 is 0 Å². The molecule has 4 bridgehead atoms. The highest BCUT2D eigenvalue weighted by molar-refractivity contribution is 5.07. The van der Waals surface area contributed by atoms with Gasteiger partial charge >= 0.3 is 0 Å². The molecule has 3 N–H and O–H groups in total. The van der Waals surface area contributed by atoms with Gasteiger partial charge in [0.1, 0.15) is 0 Å². The van der Waals surface area contributed by atoms with Crippen LogP contribution in [0.3, 0.4) is 0 Å². The quantitative estimate of drug-likeness (QED) is 0.606. The molecule has 5 fully saturated rings. The van der Waals surface area contributed by atoms with Crippen LogP contribution in [0.5, 0.6) is 0 Å². The molecule has 0 heterocycles. The third-order valence-electron chi connectivity index (χ3n) is 8.04. The molecular formula is C19H34N2. The summed E-state index contributed by atoms with van der Waals surface area (Å²) in [5, 5.41) is 0. The van der Waals surface area contributed by atoms with Gasteiger partial charge in [0, 0.05) is 6.04 Å². The second kappa shape index (κ2) is 5.23. The maximum Gasteiger partial charge on any atom is 0.0295 e. The van der Waals surface area contributed by atoms with Gasteiger partial charge in [-0.3, -0.25) is 11.3 Å². The van der Waals surface area contributed by atoms with E-state index in [2.05, 4.69) is 19.3 Å². The van der Waals surface area contributed by atoms with E-state index in [-0.39, 0.29) is 0 Å². The number of hydrazine groups is 1. The normalized spacial score (nSPS) is 53.9. The van der Waals surface area contributed by atoms with Crippen molar-refractivity contribution in [2.45, 2.75) is 77.7 Å².